The van der Waals surface area contributed by atoms with Gasteiger partial charge in [-0.15, -0.1) is 10.2 Å². The van der Waals surface area contributed by atoms with E-state index in [1.165, 1.54) is 19.2 Å². The van der Waals surface area contributed by atoms with E-state index in [0.717, 1.165) is 5.75 Å². The highest BCUT2D eigenvalue weighted by atomic mass is 32.2. The molecule has 7 nitrogen and oxygen atoms in total. The van der Waals surface area contributed by atoms with E-state index in [0.29, 0.717) is 23.6 Å². The van der Waals surface area contributed by atoms with Gasteiger partial charge >= 0.3 is 0 Å². The van der Waals surface area contributed by atoms with Gasteiger partial charge in [-0.1, -0.05) is 6.07 Å². The molecule has 0 aliphatic carbocycles. The van der Waals surface area contributed by atoms with E-state index in [9.17, 15) is 8.42 Å². The van der Waals surface area contributed by atoms with Gasteiger partial charge < -0.3 is 4.74 Å². The molecule has 9 heteroatoms. The molecule has 2 heterocycles. The second-order valence-electron chi connectivity index (χ2n) is 5.62. The lowest BCUT2D eigenvalue weighted by Crippen LogP contribution is -2.30. The third-order valence-corrected chi connectivity index (χ3v) is 6.06. The monoisotopic (exact) mass is 392 g/mol. The van der Waals surface area contributed by atoms with Crippen molar-refractivity contribution >= 4 is 27.4 Å². The molecule has 0 fully saturated rings. The number of aromatic nitrogens is 3. The molecule has 2 aromatic heterocycles. The van der Waals surface area contributed by atoms with Crippen LogP contribution in [0.1, 0.15) is 18.3 Å². The van der Waals surface area contributed by atoms with E-state index in [1.54, 1.807) is 23.9 Å². The Morgan fingerprint density at radius 2 is 1.96 bits per heavy atom. The highest BCUT2D eigenvalue weighted by Crippen LogP contribution is 2.22. The number of pyridine rings is 1. The number of sulfonamides is 1. The van der Waals surface area contributed by atoms with Gasteiger partial charge in [0.05, 0.1) is 18.0 Å². The average Bonchev–Trinajstić information content (AvgIpc) is 3.09. The number of benzene rings is 1. The number of rotatable bonds is 8. The predicted molar refractivity (Wildman–Crippen MR) is 102 cm³/mol. The van der Waals surface area contributed by atoms with Crippen LogP contribution >= 0.6 is 11.8 Å². The van der Waals surface area contributed by atoms with E-state index in [4.69, 9.17) is 4.74 Å². The Morgan fingerprint density at radius 3 is 2.65 bits per heavy atom. The summed E-state index contributed by atoms with van der Waals surface area (Å²) in [7, 11) is -2.17. The Labute approximate surface area is 156 Å². The van der Waals surface area contributed by atoms with Gasteiger partial charge in [0, 0.05) is 6.20 Å². The molecule has 138 valence electrons. The minimum absolute atomic E-state index is 0.182. The Hall–Kier alpha value is -2.10. The lowest BCUT2D eigenvalue weighted by atomic mass is 10.2. The summed E-state index contributed by atoms with van der Waals surface area (Å²) in [6, 6.07) is 11.4. The number of thioether (sulfide) groups is 1. The number of hydrogen-bond acceptors (Lipinski definition) is 6. The first kappa shape index (κ1) is 18.7. The Kier molecular flexibility index (Phi) is 5.80. The highest BCUT2D eigenvalue weighted by Gasteiger charge is 2.25. The van der Waals surface area contributed by atoms with E-state index in [1.807, 2.05) is 35.1 Å². The van der Waals surface area contributed by atoms with Crippen LogP contribution in [0.2, 0.25) is 0 Å². The predicted octanol–water partition coefficient (Wildman–Crippen LogP) is 2.51. The van der Waals surface area contributed by atoms with Gasteiger partial charge in [0.1, 0.15) is 5.75 Å². The first-order chi connectivity index (χ1) is 12.5. The first-order valence-corrected chi connectivity index (χ1v) is 10.9. The molecule has 0 bridgehead atoms. The lowest BCUT2D eigenvalue weighted by Gasteiger charge is -2.17. The molecule has 0 saturated heterocycles. The molecule has 0 radical (unpaired) electrons. The summed E-state index contributed by atoms with van der Waals surface area (Å²) < 4.78 is 35.3. The molecular formula is C17H20N4O3S2. The summed E-state index contributed by atoms with van der Waals surface area (Å²) >= 11 is 1.65. The van der Waals surface area contributed by atoms with Crippen molar-refractivity contribution in [1.82, 2.24) is 19.3 Å². The standard InChI is InChI=1S/C17H20N4O3S2/c1-24-13-6-8-14(9-7-13)26(22,23)20-15(10-12-25-2)17-19-18-16-5-3-4-11-21(16)17/h3-9,11,15,20H,10,12H2,1-2H3/t15-/m1/s1. The minimum Gasteiger partial charge on any atom is -0.497 e. The second kappa shape index (κ2) is 8.07. The second-order valence-corrected chi connectivity index (χ2v) is 8.32. The molecule has 0 aliphatic rings. The number of ether oxygens (including phenoxy) is 1. The van der Waals surface area contributed by atoms with Crippen LogP contribution in [0.5, 0.6) is 5.75 Å². The Morgan fingerprint density at radius 1 is 1.19 bits per heavy atom. The van der Waals surface area contributed by atoms with Crippen LogP contribution in [0.15, 0.2) is 53.6 Å². The van der Waals surface area contributed by atoms with Gasteiger partial charge in [0.15, 0.2) is 11.5 Å². The van der Waals surface area contributed by atoms with Crippen molar-refractivity contribution in [3.8, 4) is 5.75 Å². The molecule has 0 amide bonds. The molecule has 1 aromatic carbocycles. The van der Waals surface area contributed by atoms with E-state index >= 15 is 0 Å². The summed E-state index contributed by atoms with van der Waals surface area (Å²) in [5, 5.41) is 8.34. The van der Waals surface area contributed by atoms with Crippen LogP contribution in [0.3, 0.4) is 0 Å². The molecule has 0 unspecified atom stereocenters. The molecule has 26 heavy (non-hydrogen) atoms. The van der Waals surface area contributed by atoms with Gasteiger partial charge in [-0.05, 0) is 54.8 Å². The minimum atomic E-state index is -3.71. The third-order valence-electron chi connectivity index (χ3n) is 3.93. The number of fused-ring (bicyclic) bond motifs is 1. The first-order valence-electron chi connectivity index (χ1n) is 8.00. The Bertz CT molecular complexity index is 971. The Balaban J connectivity index is 1.92. The fourth-order valence-electron chi connectivity index (χ4n) is 2.58. The van der Waals surface area contributed by atoms with Crippen molar-refractivity contribution in [2.24, 2.45) is 0 Å². The van der Waals surface area contributed by atoms with Crippen molar-refractivity contribution in [3.63, 3.8) is 0 Å². The molecule has 0 spiro atoms. The van der Waals surface area contributed by atoms with Gasteiger partial charge in [0.25, 0.3) is 0 Å². The maximum Gasteiger partial charge on any atom is 0.241 e. The summed E-state index contributed by atoms with van der Waals surface area (Å²) in [6.07, 6.45) is 4.42. The van der Waals surface area contributed by atoms with E-state index in [2.05, 4.69) is 14.9 Å². The van der Waals surface area contributed by atoms with Crippen molar-refractivity contribution in [3.05, 3.63) is 54.5 Å². The van der Waals surface area contributed by atoms with Gasteiger partial charge in [-0.25, -0.2) is 13.1 Å². The fourth-order valence-corrected chi connectivity index (χ4v) is 4.28. The number of methoxy groups -OCH3 is 1. The van der Waals surface area contributed by atoms with Crippen LogP contribution < -0.4 is 9.46 Å². The largest absolute Gasteiger partial charge is 0.497 e. The van der Waals surface area contributed by atoms with Crippen LogP contribution in [0.4, 0.5) is 0 Å². The number of nitrogens with one attached hydrogen (secondary N) is 1. The van der Waals surface area contributed by atoms with Crippen LogP contribution in [0.25, 0.3) is 5.65 Å². The molecule has 3 aromatic rings. The van der Waals surface area contributed by atoms with Crippen molar-refractivity contribution in [2.45, 2.75) is 17.4 Å². The summed E-state index contributed by atoms with van der Waals surface area (Å²) in [6.45, 7) is 0. The van der Waals surface area contributed by atoms with Crippen LogP contribution in [-0.4, -0.2) is 42.1 Å². The van der Waals surface area contributed by atoms with Crippen LogP contribution in [0, 0.1) is 0 Å². The zero-order chi connectivity index (χ0) is 18.6. The van der Waals surface area contributed by atoms with Gasteiger partial charge in [-0.3, -0.25) is 4.40 Å². The van der Waals surface area contributed by atoms with Crippen molar-refractivity contribution in [1.29, 1.82) is 0 Å². The quantitative estimate of drug-likeness (QED) is 0.634. The van der Waals surface area contributed by atoms with Crippen molar-refractivity contribution < 1.29 is 13.2 Å². The normalized spacial score (nSPS) is 13.0. The highest BCUT2D eigenvalue weighted by molar-refractivity contribution is 7.98. The number of nitrogens with zero attached hydrogens (tertiary/aromatic N) is 3. The molecule has 1 atom stereocenters. The van der Waals surface area contributed by atoms with Crippen LogP contribution in [-0.2, 0) is 10.0 Å². The summed E-state index contributed by atoms with van der Waals surface area (Å²) in [5.41, 5.74) is 0.681. The van der Waals surface area contributed by atoms with Gasteiger partial charge in [-0.2, -0.15) is 11.8 Å². The molecular weight excluding hydrogens is 372 g/mol. The molecule has 0 aliphatic heterocycles. The number of hydrogen-bond donors (Lipinski definition) is 1. The summed E-state index contributed by atoms with van der Waals surface area (Å²) in [4.78, 5) is 0.182. The van der Waals surface area contributed by atoms with E-state index in [-0.39, 0.29) is 4.90 Å². The molecule has 0 saturated carbocycles. The third kappa shape index (κ3) is 4.00. The smallest absolute Gasteiger partial charge is 0.241 e. The zero-order valence-corrected chi connectivity index (χ0v) is 16.1. The van der Waals surface area contributed by atoms with Crippen molar-refractivity contribution in [2.75, 3.05) is 19.1 Å². The molecule has 3 rings (SSSR count). The fraction of sp³-hybridized carbons (Fsp3) is 0.294. The lowest BCUT2D eigenvalue weighted by molar-refractivity contribution is 0.414. The van der Waals surface area contributed by atoms with Gasteiger partial charge in [0.2, 0.25) is 10.0 Å². The summed E-state index contributed by atoms with van der Waals surface area (Å²) in [5.74, 6) is 1.97. The SMILES string of the molecule is COc1ccc(S(=O)(=O)N[C@H](CCSC)c2nnc3ccccn23)cc1. The molecule has 1 N–H and O–H groups in total. The topological polar surface area (TPSA) is 85.6 Å². The zero-order valence-electron chi connectivity index (χ0n) is 14.5. The maximum absolute atomic E-state index is 12.8. The van der Waals surface area contributed by atoms with E-state index < -0.39 is 16.1 Å². The average molecular weight is 393 g/mol. The maximum atomic E-state index is 12.8.